The SMILES string of the molecule is COc1ccc(CNCCn2cnc(C#N)n2)cc1OCc1cccnc1. The average Bonchev–Trinajstić information content (AvgIpc) is 3.18. The second-order valence-corrected chi connectivity index (χ2v) is 5.75. The molecule has 0 atom stereocenters. The standard InChI is InChI=1S/C19H20N6O2/c1-26-17-5-4-15(9-18(17)27-13-16-3-2-6-21-12-16)11-22-7-8-25-14-23-19(10-20)24-25/h2-6,9,12,14,22H,7-8,11,13H2,1H3. The number of rotatable bonds is 9. The van der Waals surface area contributed by atoms with Crippen molar-refractivity contribution < 1.29 is 9.47 Å². The van der Waals surface area contributed by atoms with Gasteiger partial charge in [0.05, 0.1) is 13.7 Å². The van der Waals surface area contributed by atoms with E-state index >= 15 is 0 Å². The Morgan fingerprint density at radius 1 is 1.22 bits per heavy atom. The highest BCUT2D eigenvalue weighted by Gasteiger charge is 2.07. The van der Waals surface area contributed by atoms with Crippen LogP contribution in [0.5, 0.6) is 11.5 Å². The largest absolute Gasteiger partial charge is 0.493 e. The van der Waals surface area contributed by atoms with E-state index in [2.05, 4.69) is 20.4 Å². The second kappa shape index (κ2) is 9.31. The Balaban J connectivity index is 1.53. The van der Waals surface area contributed by atoms with Gasteiger partial charge in [0.15, 0.2) is 11.5 Å². The highest BCUT2D eigenvalue weighted by molar-refractivity contribution is 5.43. The quantitative estimate of drug-likeness (QED) is 0.579. The number of hydrogen-bond donors (Lipinski definition) is 1. The van der Waals surface area contributed by atoms with Crippen molar-refractivity contribution in [1.82, 2.24) is 25.1 Å². The first-order chi connectivity index (χ1) is 13.3. The van der Waals surface area contributed by atoms with Crippen molar-refractivity contribution >= 4 is 0 Å². The van der Waals surface area contributed by atoms with Gasteiger partial charge in [-0.15, -0.1) is 5.10 Å². The van der Waals surface area contributed by atoms with Gasteiger partial charge in [0.1, 0.15) is 19.0 Å². The zero-order valence-corrected chi connectivity index (χ0v) is 15.0. The number of nitrogens with one attached hydrogen (secondary N) is 1. The number of pyridine rings is 1. The van der Waals surface area contributed by atoms with Gasteiger partial charge >= 0.3 is 0 Å². The van der Waals surface area contributed by atoms with Gasteiger partial charge in [-0.25, -0.2) is 4.98 Å². The number of ether oxygens (including phenoxy) is 2. The summed E-state index contributed by atoms with van der Waals surface area (Å²) in [6, 6.07) is 11.6. The zero-order valence-electron chi connectivity index (χ0n) is 15.0. The molecule has 27 heavy (non-hydrogen) atoms. The van der Waals surface area contributed by atoms with E-state index in [0.717, 1.165) is 11.1 Å². The van der Waals surface area contributed by atoms with Crippen LogP contribution in [0.1, 0.15) is 17.0 Å². The molecule has 8 nitrogen and oxygen atoms in total. The van der Waals surface area contributed by atoms with Crippen molar-refractivity contribution in [2.75, 3.05) is 13.7 Å². The van der Waals surface area contributed by atoms with E-state index in [4.69, 9.17) is 14.7 Å². The Labute approximate surface area is 157 Å². The molecule has 3 aromatic rings. The number of methoxy groups -OCH3 is 1. The van der Waals surface area contributed by atoms with Crippen molar-refractivity contribution in [3.8, 4) is 17.6 Å². The number of nitrogens with zero attached hydrogens (tertiary/aromatic N) is 5. The lowest BCUT2D eigenvalue weighted by Gasteiger charge is -2.13. The van der Waals surface area contributed by atoms with Crippen LogP contribution in [0.15, 0.2) is 49.1 Å². The van der Waals surface area contributed by atoms with Crippen LogP contribution in [-0.2, 0) is 19.7 Å². The topological polar surface area (TPSA) is 97.9 Å². The van der Waals surface area contributed by atoms with Gasteiger partial charge in [0.2, 0.25) is 0 Å². The molecule has 138 valence electrons. The first-order valence-corrected chi connectivity index (χ1v) is 8.47. The highest BCUT2D eigenvalue weighted by Crippen LogP contribution is 2.28. The second-order valence-electron chi connectivity index (χ2n) is 5.75. The summed E-state index contributed by atoms with van der Waals surface area (Å²) in [5, 5.41) is 16.1. The molecular formula is C19H20N6O2. The van der Waals surface area contributed by atoms with Crippen molar-refractivity contribution in [3.05, 3.63) is 66.0 Å². The third kappa shape index (κ3) is 5.26. The van der Waals surface area contributed by atoms with Gasteiger partial charge in [-0.2, -0.15) is 5.26 Å². The molecule has 8 heteroatoms. The number of aromatic nitrogens is 4. The van der Waals surface area contributed by atoms with E-state index in [1.807, 2.05) is 36.4 Å². The van der Waals surface area contributed by atoms with E-state index < -0.39 is 0 Å². The third-order valence-corrected chi connectivity index (χ3v) is 3.83. The lowest BCUT2D eigenvalue weighted by Crippen LogP contribution is -2.19. The molecule has 2 heterocycles. The van der Waals surface area contributed by atoms with Gasteiger partial charge in [0.25, 0.3) is 5.82 Å². The Morgan fingerprint density at radius 2 is 2.15 bits per heavy atom. The summed E-state index contributed by atoms with van der Waals surface area (Å²) in [5.74, 6) is 1.56. The maximum Gasteiger partial charge on any atom is 0.252 e. The fourth-order valence-electron chi connectivity index (χ4n) is 2.47. The Hall–Kier alpha value is -3.44. The molecule has 1 N–H and O–H groups in total. The van der Waals surface area contributed by atoms with E-state index in [9.17, 15) is 0 Å². The van der Waals surface area contributed by atoms with Crippen LogP contribution >= 0.6 is 0 Å². The van der Waals surface area contributed by atoms with Gasteiger partial charge in [-0.05, 0) is 23.8 Å². The molecule has 0 amide bonds. The minimum Gasteiger partial charge on any atom is -0.493 e. The van der Waals surface area contributed by atoms with Gasteiger partial charge in [-0.3, -0.25) is 9.67 Å². The average molecular weight is 364 g/mol. The molecule has 0 fully saturated rings. The number of benzene rings is 1. The Bertz CT molecular complexity index is 904. The summed E-state index contributed by atoms with van der Waals surface area (Å²) in [6.45, 7) is 2.43. The summed E-state index contributed by atoms with van der Waals surface area (Å²) in [5.41, 5.74) is 2.07. The molecule has 0 bridgehead atoms. The zero-order chi connectivity index (χ0) is 18.9. The molecule has 0 unspecified atom stereocenters. The molecule has 2 aromatic heterocycles. The summed E-state index contributed by atoms with van der Waals surface area (Å²) in [6.07, 6.45) is 5.06. The summed E-state index contributed by atoms with van der Waals surface area (Å²) < 4.78 is 12.9. The number of hydrogen-bond acceptors (Lipinski definition) is 7. The number of nitriles is 1. The fourth-order valence-corrected chi connectivity index (χ4v) is 2.47. The predicted molar refractivity (Wildman–Crippen MR) is 98.0 cm³/mol. The highest BCUT2D eigenvalue weighted by atomic mass is 16.5. The molecule has 0 saturated carbocycles. The van der Waals surface area contributed by atoms with E-state index in [1.54, 1.807) is 30.5 Å². The molecular weight excluding hydrogens is 344 g/mol. The van der Waals surface area contributed by atoms with Gasteiger partial charge < -0.3 is 14.8 Å². The summed E-state index contributed by atoms with van der Waals surface area (Å²) >= 11 is 0. The van der Waals surface area contributed by atoms with Crippen LogP contribution < -0.4 is 14.8 Å². The predicted octanol–water partition coefficient (Wildman–Crippen LogP) is 1.92. The first-order valence-electron chi connectivity index (χ1n) is 8.47. The molecule has 0 saturated heterocycles. The maximum absolute atomic E-state index is 8.73. The molecule has 0 spiro atoms. The minimum absolute atomic E-state index is 0.181. The third-order valence-electron chi connectivity index (χ3n) is 3.83. The van der Waals surface area contributed by atoms with Crippen molar-refractivity contribution in [1.29, 1.82) is 5.26 Å². The van der Waals surface area contributed by atoms with Crippen LogP contribution in [0, 0.1) is 11.3 Å². The van der Waals surface area contributed by atoms with Crippen molar-refractivity contribution in [2.45, 2.75) is 19.7 Å². The van der Waals surface area contributed by atoms with Crippen LogP contribution in [0.4, 0.5) is 0 Å². The summed E-state index contributed by atoms with van der Waals surface area (Å²) in [7, 11) is 1.62. The smallest absolute Gasteiger partial charge is 0.252 e. The monoisotopic (exact) mass is 364 g/mol. The first kappa shape index (κ1) is 18.4. The van der Waals surface area contributed by atoms with Crippen LogP contribution in [0.2, 0.25) is 0 Å². The molecule has 1 aromatic carbocycles. The Morgan fingerprint density at radius 3 is 2.89 bits per heavy atom. The van der Waals surface area contributed by atoms with Crippen LogP contribution in [0.25, 0.3) is 0 Å². The van der Waals surface area contributed by atoms with Crippen LogP contribution in [0.3, 0.4) is 0 Å². The van der Waals surface area contributed by atoms with Crippen molar-refractivity contribution in [3.63, 3.8) is 0 Å². The molecule has 0 aliphatic rings. The molecule has 0 aliphatic carbocycles. The molecule has 0 radical (unpaired) electrons. The van der Waals surface area contributed by atoms with E-state index in [0.29, 0.717) is 37.7 Å². The fraction of sp³-hybridized carbons (Fsp3) is 0.263. The normalized spacial score (nSPS) is 10.4. The van der Waals surface area contributed by atoms with E-state index in [-0.39, 0.29) is 5.82 Å². The van der Waals surface area contributed by atoms with Crippen molar-refractivity contribution in [2.24, 2.45) is 0 Å². The Kier molecular flexibility index (Phi) is 6.33. The lowest BCUT2D eigenvalue weighted by molar-refractivity contribution is 0.283. The summed E-state index contributed by atoms with van der Waals surface area (Å²) in [4.78, 5) is 7.96. The van der Waals surface area contributed by atoms with Crippen LogP contribution in [-0.4, -0.2) is 33.4 Å². The van der Waals surface area contributed by atoms with Gasteiger partial charge in [-0.1, -0.05) is 12.1 Å². The molecule has 0 aliphatic heterocycles. The minimum atomic E-state index is 0.181. The van der Waals surface area contributed by atoms with Gasteiger partial charge in [0, 0.05) is 31.0 Å². The maximum atomic E-state index is 8.73. The van der Waals surface area contributed by atoms with E-state index in [1.165, 1.54) is 0 Å². The molecule has 3 rings (SSSR count). The lowest BCUT2D eigenvalue weighted by atomic mass is 10.2.